The fourth-order valence-electron chi connectivity index (χ4n) is 1.88. The van der Waals surface area contributed by atoms with Crippen LogP contribution in [0.1, 0.15) is 15.4 Å². The van der Waals surface area contributed by atoms with Crippen molar-refractivity contribution in [2.45, 2.75) is 6.92 Å². The standard InChI is InChI=1S/C14H11N3O2S/c1-9-15-12-3-2-11(8-13(12)20-9)16-14(18)10-4-6-17(19)7-5-10/h2-8H,1H3,(H,16,18). The number of hydrogen-bond donors (Lipinski definition) is 1. The van der Waals surface area contributed by atoms with Crippen LogP contribution in [0.3, 0.4) is 0 Å². The van der Waals surface area contributed by atoms with Crippen molar-refractivity contribution in [2.24, 2.45) is 0 Å². The Morgan fingerprint density at radius 3 is 2.80 bits per heavy atom. The molecule has 0 aliphatic carbocycles. The van der Waals surface area contributed by atoms with Crippen molar-refractivity contribution in [3.05, 3.63) is 58.5 Å². The summed E-state index contributed by atoms with van der Waals surface area (Å²) in [5.41, 5.74) is 2.08. The summed E-state index contributed by atoms with van der Waals surface area (Å²) in [6.07, 6.45) is 2.59. The highest BCUT2D eigenvalue weighted by atomic mass is 32.1. The van der Waals surface area contributed by atoms with Gasteiger partial charge in [-0.1, -0.05) is 0 Å². The Morgan fingerprint density at radius 2 is 2.05 bits per heavy atom. The Bertz CT molecular complexity index is 781. The fourth-order valence-corrected chi connectivity index (χ4v) is 2.75. The van der Waals surface area contributed by atoms with E-state index in [-0.39, 0.29) is 5.91 Å². The second kappa shape index (κ2) is 4.90. The number of aromatic nitrogens is 2. The van der Waals surface area contributed by atoms with E-state index in [0.717, 1.165) is 15.2 Å². The van der Waals surface area contributed by atoms with Gasteiger partial charge in [0, 0.05) is 17.8 Å². The third kappa shape index (κ3) is 2.46. The zero-order valence-electron chi connectivity index (χ0n) is 10.7. The Hall–Kier alpha value is -2.47. The molecule has 0 aliphatic rings. The van der Waals surface area contributed by atoms with Crippen molar-refractivity contribution in [2.75, 3.05) is 5.32 Å². The molecule has 0 aliphatic heterocycles. The van der Waals surface area contributed by atoms with Crippen LogP contribution in [0.4, 0.5) is 5.69 Å². The largest absolute Gasteiger partial charge is 0.619 e. The molecule has 1 amide bonds. The molecule has 0 atom stereocenters. The maximum absolute atomic E-state index is 12.0. The van der Waals surface area contributed by atoms with Gasteiger partial charge in [-0.25, -0.2) is 4.98 Å². The number of benzene rings is 1. The van der Waals surface area contributed by atoms with Gasteiger partial charge < -0.3 is 10.5 Å². The van der Waals surface area contributed by atoms with Crippen LogP contribution in [-0.4, -0.2) is 10.9 Å². The molecule has 1 N–H and O–H groups in total. The third-order valence-corrected chi connectivity index (χ3v) is 3.75. The molecule has 3 rings (SSSR count). The number of pyridine rings is 1. The minimum absolute atomic E-state index is 0.244. The van der Waals surface area contributed by atoms with Crippen LogP contribution in [-0.2, 0) is 0 Å². The molecule has 3 aromatic rings. The summed E-state index contributed by atoms with van der Waals surface area (Å²) in [5.74, 6) is -0.244. The van der Waals surface area contributed by atoms with Crippen LogP contribution in [0.5, 0.6) is 0 Å². The zero-order valence-corrected chi connectivity index (χ0v) is 11.5. The van der Waals surface area contributed by atoms with Crippen molar-refractivity contribution >= 4 is 33.1 Å². The highest BCUT2D eigenvalue weighted by Gasteiger charge is 2.08. The molecule has 0 unspecified atom stereocenters. The van der Waals surface area contributed by atoms with Gasteiger partial charge in [-0.05, 0) is 25.1 Å². The number of thiazole rings is 1. The number of carbonyl (C=O) groups is 1. The SMILES string of the molecule is Cc1nc2ccc(NC(=O)c3cc[n+]([O-])cc3)cc2s1. The fraction of sp³-hybridized carbons (Fsp3) is 0.0714. The van der Waals surface area contributed by atoms with Gasteiger partial charge in [-0.2, -0.15) is 4.73 Å². The van der Waals surface area contributed by atoms with E-state index in [1.165, 1.54) is 24.5 Å². The van der Waals surface area contributed by atoms with Gasteiger partial charge in [0.1, 0.15) is 0 Å². The molecule has 5 nitrogen and oxygen atoms in total. The average Bonchev–Trinajstić information content (AvgIpc) is 2.78. The van der Waals surface area contributed by atoms with E-state index in [1.54, 1.807) is 11.3 Å². The second-order valence-electron chi connectivity index (χ2n) is 4.32. The van der Waals surface area contributed by atoms with E-state index >= 15 is 0 Å². The van der Waals surface area contributed by atoms with Gasteiger partial charge in [-0.15, -0.1) is 11.3 Å². The lowest BCUT2D eigenvalue weighted by Gasteiger charge is -2.04. The summed E-state index contributed by atoms with van der Waals surface area (Å²) in [6, 6.07) is 8.56. The van der Waals surface area contributed by atoms with E-state index < -0.39 is 0 Å². The van der Waals surface area contributed by atoms with Gasteiger partial charge in [0.2, 0.25) is 0 Å². The van der Waals surface area contributed by atoms with E-state index in [0.29, 0.717) is 16.0 Å². The Morgan fingerprint density at radius 1 is 1.30 bits per heavy atom. The van der Waals surface area contributed by atoms with Crippen LogP contribution in [0, 0.1) is 12.1 Å². The first-order chi connectivity index (χ1) is 9.61. The molecule has 0 bridgehead atoms. The summed E-state index contributed by atoms with van der Waals surface area (Å²) < 4.78 is 1.67. The van der Waals surface area contributed by atoms with Gasteiger partial charge in [0.05, 0.1) is 20.8 Å². The summed E-state index contributed by atoms with van der Waals surface area (Å²) in [4.78, 5) is 16.4. The molecule has 2 heterocycles. The summed E-state index contributed by atoms with van der Waals surface area (Å²) in [7, 11) is 0. The first-order valence-corrected chi connectivity index (χ1v) is 6.81. The molecule has 0 radical (unpaired) electrons. The van der Waals surface area contributed by atoms with E-state index in [1.807, 2.05) is 25.1 Å². The summed E-state index contributed by atoms with van der Waals surface area (Å²) >= 11 is 1.58. The van der Waals surface area contributed by atoms with Crippen molar-refractivity contribution in [1.29, 1.82) is 0 Å². The molecule has 100 valence electrons. The number of nitrogens with one attached hydrogen (secondary N) is 1. The van der Waals surface area contributed by atoms with Crippen LogP contribution >= 0.6 is 11.3 Å². The first-order valence-electron chi connectivity index (χ1n) is 5.99. The Kier molecular flexibility index (Phi) is 3.08. The monoisotopic (exact) mass is 285 g/mol. The first kappa shape index (κ1) is 12.6. The summed E-state index contributed by atoms with van der Waals surface area (Å²) in [5, 5.41) is 14.7. The number of aryl methyl sites for hydroxylation is 1. The van der Waals surface area contributed by atoms with Crippen molar-refractivity contribution < 1.29 is 9.52 Å². The van der Waals surface area contributed by atoms with Crippen molar-refractivity contribution in [3.8, 4) is 0 Å². The Balaban J connectivity index is 1.84. The maximum atomic E-state index is 12.0. The van der Waals surface area contributed by atoms with E-state index in [9.17, 15) is 10.0 Å². The molecule has 20 heavy (non-hydrogen) atoms. The van der Waals surface area contributed by atoms with Gasteiger partial charge in [0.25, 0.3) is 5.91 Å². The molecule has 0 saturated carbocycles. The number of fused-ring (bicyclic) bond motifs is 1. The van der Waals surface area contributed by atoms with E-state index in [2.05, 4.69) is 10.3 Å². The molecular weight excluding hydrogens is 274 g/mol. The van der Waals surface area contributed by atoms with Gasteiger partial charge >= 0.3 is 0 Å². The second-order valence-corrected chi connectivity index (χ2v) is 5.55. The quantitative estimate of drug-likeness (QED) is 0.581. The lowest BCUT2D eigenvalue weighted by molar-refractivity contribution is -0.605. The molecule has 2 aromatic heterocycles. The van der Waals surface area contributed by atoms with Gasteiger partial charge in [0.15, 0.2) is 12.4 Å². The highest BCUT2D eigenvalue weighted by molar-refractivity contribution is 7.18. The molecule has 1 aromatic carbocycles. The topological polar surface area (TPSA) is 68.9 Å². The third-order valence-electron chi connectivity index (χ3n) is 2.82. The normalized spacial score (nSPS) is 10.7. The molecule has 0 saturated heterocycles. The zero-order chi connectivity index (χ0) is 14.1. The number of nitrogens with zero attached hydrogens (tertiary/aromatic N) is 2. The molecule has 0 spiro atoms. The minimum atomic E-state index is -0.244. The smallest absolute Gasteiger partial charge is 0.256 e. The van der Waals surface area contributed by atoms with Gasteiger partial charge in [-0.3, -0.25) is 4.79 Å². The lowest BCUT2D eigenvalue weighted by atomic mass is 10.2. The number of carbonyl (C=O) groups excluding carboxylic acids is 1. The van der Waals surface area contributed by atoms with Crippen molar-refractivity contribution in [3.63, 3.8) is 0 Å². The van der Waals surface area contributed by atoms with Crippen molar-refractivity contribution in [1.82, 2.24) is 4.98 Å². The van der Waals surface area contributed by atoms with Crippen LogP contribution in [0.2, 0.25) is 0 Å². The number of rotatable bonds is 2. The summed E-state index contributed by atoms with van der Waals surface area (Å²) in [6.45, 7) is 1.95. The maximum Gasteiger partial charge on any atom is 0.256 e. The average molecular weight is 285 g/mol. The highest BCUT2D eigenvalue weighted by Crippen LogP contribution is 2.24. The Labute approximate surface area is 119 Å². The number of hydrogen-bond acceptors (Lipinski definition) is 4. The predicted molar refractivity (Wildman–Crippen MR) is 77.7 cm³/mol. The van der Waals surface area contributed by atoms with Crippen LogP contribution in [0.25, 0.3) is 10.2 Å². The van der Waals surface area contributed by atoms with Crippen LogP contribution in [0.15, 0.2) is 42.7 Å². The molecule has 6 heteroatoms. The predicted octanol–water partition coefficient (Wildman–Crippen LogP) is 2.49. The minimum Gasteiger partial charge on any atom is -0.619 e. The number of amides is 1. The number of anilines is 1. The lowest BCUT2D eigenvalue weighted by Crippen LogP contribution is -2.25. The van der Waals surface area contributed by atoms with E-state index in [4.69, 9.17) is 0 Å². The van der Waals surface area contributed by atoms with Crippen LogP contribution < -0.4 is 10.0 Å². The molecular formula is C14H11N3O2S. The molecule has 0 fully saturated rings.